The lowest BCUT2D eigenvalue weighted by Gasteiger charge is -2.40. The zero-order valence-corrected chi connectivity index (χ0v) is 13.5. The Morgan fingerprint density at radius 2 is 1.90 bits per heavy atom. The van der Waals surface area contributed by atoms with Crippen LogP contribution in [0.2, 0.25) is 0 Å². The number of hydrogen-bond donors (Lipinski definition) is 1. The summed E-state index contributed by atoms with van der Waals surface area (Å²) in [6.45, 7) is 8.26. The van der Waals surface area contributed by atoms with Crippen LogP contribution in [0.1, 0.15) is 65.2 Å². The molecule has 2 fully saturated rings. The predicted octanol–water partition coefficient (Wildman–Crippen LogP) is 3.52. The van der Waals surface area contributed by atoms with E-state index in [1.165, 1.54) is 51.4 Å². The highest BCUT2D eigenvalue weighted by molar-refractivity contribution is 4.98. The first kappa shape index (κ1) is 16.3. The van der Waals surface area contributed by atoms with E-state index in [1.807, 2.05) is 0 Å². The summed E-state index contributed by atoms with van der Waals surface area (Å²) in [4.78, 5) is 0. The third-order valence-corrected chi connectivity index (χ3v) is 5.07. The minimum Gasteiger partial charge on any atom is -0.381 e. The molecule has 3 heteroatoms. The molecule has 1 heterocycles. The topological polar surface area (TPSA) is 30.5 Å². The van der Waals surface area contributed by atoms with Crippen LogP contribution in [-0.4, -0.2) is 38.0 Å². The van der Waals surface area contributed by atoms with Crippen molar-refractivity contribution < 1.29 is 9.47 Å². The van der Waals surface area contributed by atoms with Gasteiger partial charge in [0.25, 0.3) is 0 Å². The Labute approximate surface area is 124 Å². The minimum atomic E-state index is 0.113. The summed E-state index contributed by atoms with van der Waals surface area (Å²) >= 11 is 0. The summed E-state index contributed by atoms with van der Waals surface area (Å²) in [5, 5.41) is 3.82. The molecular formula is C17H33NO2. The van der Waals surface area contributed by atoms with E-state index in [1.54, 1.807) is 0 Å². The van der Waals surface area contributed by atoms with Crippen molar-refractivity contribution in [3.8, 4) is 0 Å². The number of rotatable bonds is 8. The van der Waals surface area contributed by atoms with Crippen molar-refractivity contribution in [2.75, 3.05) is 26.4 Å². The van der Waals surface area contributed by atoms with Crippen LogP contribution in [-0.2, 0) is 9.47 Å². The molecule has 1 saturated carbocycles. The first-order valence-corrected chi connectivity index (χ1v) is 8.76. The highest BCUT2D eigenvalue weighted by Gasteiger charge is 2.42. The molecule has 1 saturated heterocycles. The van der Waals surface area contributed by atoms with E-state index in [0.29, 0.717) is 6.04 Å². The molecule has 0 amide bonds. The van der Waals surface area contributed by atoms with Gasteiger partial charge in [0.2, 0.25) is 0 Å². The van der Waals surface area contributed by atoms with Crippen LogP contribution in [0.3, 0.4) is 0 Å². The molecule has 1 N–H and O–H groups in total. The quantitative estimate of drug-likeness (QED) is 0.739. The SMILES string of the molecule is CCCNC(CC1CCOCC1)C1(OCC)CCCC1. The van der Waals surface area contributed by atoms with Crippen LogP contribution < -0.4 is 5.32 Å². The van der Waals surface area contributed by atoms with Gasteiger partial charge in [-0.3, -0.25) is 0 Å². The fraction of sp³-hybridized carbons (Fsp3) is 1.00. The molecule has 0 spiro atoms. The average molecular weight is 283 g/mol. The van der Waals surface area contributed by atoms with E-state index in [0.717, 1.165) is 32.3 Å². The van der Waals surface area contributed by atoms with Crippen LogP contribution >= 0.6 is 0 Å². The van der Waals surface area contributed by atoms with Crippen molar-refractivity contribution in [1.82, 2.24) is 5.32 Å². The third kappa shape index (κ3) is 4.19. The predicted molar refractivity (Wildman–Crippen MR) is 83.1 cm³/mol. The van der Waals surface area contributed by atoms with Gasteiger partial charge in [-0.15, -0.1) is 0 Å². The molecule has 118 valence electrons. The maximum Gasteiger partial charge on any atom is 0.0834 e. The molecular weight excluding hydrogens is 250 g/mol. The van der Waals surface area contributed by atoms with Crippen LogP contribution in [0.15, 0.2) is 0 Å². The van der Waals surface area contributed by atoms with Gasteiger partial charge in [-0.25, -0.2) is 0 Å². The van der Waals surface area contributed by atoms with Crippen LogP contribution in [0.4, 0.5) is 0 Å². The van der Waals surface area contributed by atoms with E-state index in [9.17, 15) is 0 Å². The zero-order chi connectivity index (χ0) is 14.3. The van der Waals surface area contributed by atoms with E-state index in [-0.39, 0.29) is 5.60 Å². The largest absolute Gasteiger partial charge is 0.381 e. The van der Waals surface area contributed by atoms with Crippen molar-refractivity contribution in [3.63, 3.8) is 0 Å². The Kier molecular flexibility index (Phi) is 6.79. The summed E-state index contributed by atoms with van der Waals surface area (Å²) in [6, 6.07) is 0.535. The van der Waals surface area contributed by atoms with Gasteiger partial charge in [0.15, 0.2) is 0 Å². The smallest absolute Gasteiger partial charge is 0.0834 e. The highest BCUT2D eigenvalue weighted by Crippen LogP contribution is 2.39. The molecule has 1 atom stereocenters. The average Bonchev–Trinajstić information content (AvgIpc) is 2.94. The van der Waals surface area contributed by atoms with Gasteiger partial charge in [0.1, 0.15) is 0 Å². The summed E-state index contributed by atoms with van der Waals surface area (Å²) in [5.41, 5.74) is 0.113. The van der Waals surface area contributed by atoms with Crippen molar-refractivity contribution in [3.05, 3.63) is 0 Å². The monoisotopic (exact) mass is 283 g/mol. The lowest BCUT2D eigenvalue weighted by Crippen LogP contribution is -2.52. The second kappa shape index (κ2) is 8.35. The minimum absolute atomic E-state index is 0.113. The molecule has 1 unspecified atom stereocenters. The van der Waals surface area contributed by atoms with Gasteiger partial charge < -0.3 is 14.8 Å². The summed E-state index contributed by atoms with van der Waals surface area (Å²) in [5.74, 6) is 0.816. The van der Waals surface area contributed by atoms with Gasteiger partial charge in [-0.2, -0.15) is 0 Å². The van der Waals surface area contributed by atoms with Gasteiger partial charge in [-0.1, -0.05) is 19.8 Å². The van der Waals surface area contributed by atoms with Crippen molar-refractivity contribution in [2.24, 2.45) is 5.92 Å². The zero-order valence-electron chi connectivity index (χ0n) is 13.5. The lowest BCUT2D eigenvalue weighted by molar-refractivity contribution is -0.0698. The van der Waals surface area contributed by atoms with Crippen molar-refractivity contribution in [1.29, 1.82) is 0 Å². The van der Waals surface area contributed by atoms with E-state index >= 15 is 0 Å². The number of nitrogens with one attached hydrogen (secondary N) is 1. The third-order valence-electron chi connectivity index (χ3n) is 5.07. The first-order valence-electron chi connectivity index (χ1n) is 8.76. The van der Waals surface area contributed by atoms with E-state index in [2.05, 4.69) is 19.2 Å². The molecule has 0 bridgehead atoms. The first-order chi connectivity index (χ1) is 9.80. The number of ether oxygens (including phenoxy) is 2. The standard InChI is InChI=1S/C17H33NO2/c1-3-11-18-16(14-15-7-12-19-13-8-15)17(20-4-2)9-5-6-10-17/h15-16,18H,3-14H2,1-2H3. The maximum absolute atomic E-state index is 6.30. The fourth-order valence-electron chi connectivity index (χ4n) is 3.97. The van der Waals surface area contributed by atoms with E-state index < -0.39 is 0 Å². The lowest BCUT2D eigenvalue weighted by atomic mass is 9.82. The van der Waals surface area contributed by atoms with Crippen molar-refractivity contribution in [2.45, 2.75) is 76.9 Å². The second-order valence-electron chi connectivity index (χ2n) is 6.50. The van der Waals surface area contributed by atoms with Gasteiger partial charge in [-0.05, 0) is 57.9 Å². The molecule has 3 nitrogen and oxygen atoms in total. The normalized spacial score (nSPS) is 24.9. The molecule has 2 aliphatic rings. The highest BCUT2D eigenvalue weighted by atomic mass is 16.5. The molecule has 1 aliphatic heterocycles. The van der Waals surface area contributed by atoms with Gasteiger partial charge >= 0.3 is 0 Å². The molecule has 0 radical (unpaired) electrons. The second-order valence-corrected chi connectivity index (χ2v) is 6.50. The van der Waals surface area contributed by atoms with Gasteiger partial charge in [0, 0.05) is 25.9 Å². The van der Waals surface area contributed by atoms with Crippen LogP contribution in [0.25, 0.3) is 0 Å². The fourth-order valence-corrected chi connectivity index (χ4v) is 3.97. The van der Waals surface area contributed by atoms with Gasteiger partial charge in [0.05, 0.1) is 5.60 Å². The summed E-state index contributed by atoms with van der Waals surface area (Å²) in [7, 11) is 0. The van der Waals surface area contributed by atoms with Crippen molar-refractivity contribution >= 4 is 0 Å². The van der Waals surface area contributed by atoms with E-state index in [4.69, 9.17) is 9.47 Å². The Bertz CT molecular complexity index is 258. The Hall–Kier alpha value is -0.120. The molecule has 0 aromatic rings. The Balaban J connectivity index is 1.99. The maximum atomic E-state index is 6.30. The van der Waals surface area contributed by atoms with Crippen LogP contribution in [0.5, 0.6) is 0 Å². The molecule has 1 aliphatic carbocycles. The summed E-state index contributed by atoms with van der Waals surface area (Å²) < 4.78 is 11.8. The molecule has 0 aromatic carbocycles. The number of hydrogen-bond acceptors (Lipinski definition) is 3. The van der Waals surface area contributed by atoms with Crippen LogP contribution in [0, 0.1) is 5.92 Å². The molecule has 20 heavy (non-hydrogen) atoms. The Morgan fingerprint density at radius 1 is 1.20 bits per heavy atom. The summed E-state index contributed by atoms with van der Waals surface area (Å²) in [6.07, 6.45) is 10.1. The molecule has 2 rings (SSSR count). The Morgan fingerprint density at radius 3 is 2.50 bits per heavy atom. The molecule has 0 aromatic heterocycles.